The highest BCUT2D eigenvalue weighted by Crippen LogP contribution is 2.32. The molecule has 1 atom stereocenters. The average molecular weight is 269 g/mol. The van der Waals surface area contributed by atoms with Gasteiger partial charge in [0, 0.05) is 23.0 Å². The van der Waals surface area contributed by atoms with E-state index in [0.717, 1.165) is 29.1 Å². The zero-order chi connectivity index (χ0) is 14.3. The Labute approximate surface area is 118 Å². The number of carbonyl (C=O) groups excluding carboxylic acids is 1. The fourth-order valence-corrected chi connectivity index (χ4v) is 3.02. The van der Waals surface area contributed by atoms with Crippen molar-refractivity contribution in [2.75, 3.05) is 4.90 Å². The molecular weight excluding hydrogens is 250 g/mol. The highest BCUT2D eigenvalue weighted by Gasteiger charge is 2.30. The van der Waals surface area contributed by atoms with Crippen molar-refractivity contribution in [1.29, 1.82) is 0 Å². The second-order valence-corrected chi connectivity index (χ2v) is 5.53. The summed E-state index contributed by atoms with van der Waals surface area (Å²) in [7, 11) is 0. The van der Waals surface area contributed by atoms with E-state index in [-0.39, 0.29) is 11.9 Å². The number of rotatable bonds is 2. The molecule has 20 heavy (non-hydrogen) atoms. The maximum Gasteiger partial charge on any atom is 0.231 e. The molecule has 2 aromatic rings. The molecule has 1 unspecified atom stereocenters. The summed E-state index contributed by atoms with van der Waals surface area (Å²) in [5.74, 6) is 0.148. The second-order valence-electron chi connectivity index (χ2n) is 5.53. The molecule has 1 N–H and O–H groups in total. The number of benzene rings is 1. The van der Waals surface area contributed by atoms with Crippen LogP contribution in [0.4, 0.5) is 5.69 Å². The third-order valence-electron chi connectivity index (χ3n) is 4.08. The number of para-hydroxylation sites is 1. The van der Waals surface area contributed by atoms with Crippen molar-refractivity contribution in [3.05, 3.63) is 46.8 Å². The van der Waals surface area contributed by atoms with Crippen molar-refractivity contribution in [1.82, 2.24) is 10.2 Å². The second kappa shape index (κ2) is 4.78. The number of carbonyl (C=O) groups is 1. The molecule has 0 aliphatic carbocycles. The van der Waals surface area contributed by atoms with E-state index in [1.54, 1.807) is 0 Å². The highest BCUT2D eigenvalue weighted by molar-refractivity contribution is 5.97. The quantitative estimate of drug-likeness (QED) is 0.910. The number of aromatic nitrogens is 2. The van der Waals surface area contributed by atoms with Crippen molar-refractivity contribution in [3.8, 4) is 0 Å². The van der Waals surface area contributed by atoms with Crippen LogP contribution in [0, 0.1) is 13.8 Å². The van der Waals surface area contributed by atoms with Gasteiger partial charge in [-0.25, -0.2) is 0 Å². The summed E-state index contributed by atoms with van der Waals surface area (Å²) >= 11 is 0. The first-order valence-corrected chi connectivity index (χ1v) is 6.98. The van der Waals surface area contributed by atoms with Crippen LogP contribution in [0.15, 0.2) is 24.3 Å². The minimum Gasteiger partial charge on any atom is -0.309 e. The molecule has 0 saturated carbocycles. The fourth-order valence-electron chi connectivity index (χ4n) is 3.02. The first-order chi connectivity index (χ1) is 9.58. The van der Waals surface area contributed by atoms with Crippen LogP contribution in [0.1, 0.15) is 29.4 Å². The highest BCUT2D eigenvalue weighted by atomic mass is 16.2. The predicted molar refractivity (Wildman–Crippen MR) is 78.9 cm³/mol. The molecule has 4 heteroatoms. The molecule has 3 rings (SSSR count). The number of anilines is 1. The Morgan fingerprint density at radius 3 is 2.85 bits per heavy atom. The molecule has 0 bridgehead atoms. The van der Waals surface area contributed by atoms with E-state index in [1.807, 2.05) is 36.9 Å². The fraction of sp³-hybridized carbons (Fsp3) is 0.375. The van der Waals surface area contributed by atoms with Gasteiger partial charge < -0.3 is 4.90 Å². The van der Waals surface area contributed by atoms with Gasteiger partial charge in [-0.2, -0.15) is 5.10 Å². The maximum absolute atomic E-state index is 12.7. The lowest BCUT2D eigenvalue weighted by Gasteiger charge is -2.22. The number of hydrogen-bond donors (Lipinski definition) is 1. The molecule has 0 saturated heterocycles. The van der Waals surface area contributed by atoms with Gasteiger partial charge in [-0.05, 0) is 38.8 Å². The van der Waals surface area contributed by atoms with E-state index in [0.29, 0.717) is 6.42 Å². The monoisotopic (exact) mass is 269 g/mol. The van der Waals surface area contributed by atoms with E-state index in [9.17, 15) is 4.79 Å². The Hall–Kier alpha value is -2.10. The van der Waals surface area contributed by atoms with Gasteiger partial charge in [0.2, 0.25) is 5.91 Å². The third-order valence-corrected chi connectivity index (χ3v) is 4.08. The van der Waals surface area contributed by atoms with Gasteiger partial charge in [0.25, 0.3) is 0 Å². The van der Waals surface area contributed by atoms with Gasteiger partial charge in [0.05, 0.1) is 12.1 Å². The number of hydrogen-bond acceptors (Lipinski definition) is 2. The first kappa shape index (κ1) is 12.9. The largest absolute Gasteiger partial charge is 0.309 e. The van der Waals surface area contributed by atoms with E-state index < -0.39 is 0 Å². The third kappa shape index (κ3) is 2.01. The van der Waals surface area contributed by atoms with Crippen LogP contribution in [0.3, 0.4) is 0 Å². The van der Waals surface area contributed by atoms with Crippen molar-refractivity contribution < 1.29 is 4.79 Å². The van der Waals surface area contributed by atoms with Crippen LogP contribution in [0.5, 0.6) is 0 Å². The summed E-state index contributed by atoms with van der Waals surface area (Å²) in [6, 6.07) is 8.39. The Morgan fingerprint density at radius 2 is 2.15 bits per heavy atom. The molecule has 0 radical (unpaired) electrons. The number of fused-ring (bicyclic) bond motifs is 1. The zero-order valence-electron chi connectivity index (χ0n) is 12.1. The molecule has 0 spiro atoms. The van der Waals surface area contributed by atoms with Gasteiger partial charge in [-0.15, -0.1) is 0 Å². The van der Waals surface area contributed by atoms with Crippen LogP contribution in [0.2, 0.25) is 0 Å². The topological polar surface area (TPSA) is 49.0 Å². The zero-order valence-corrected chi connectivity index (χ0v) is 12.1. The van der Waals surface area contributed by atoms with E-state index in [4.69, 9.17) is 0 Å². The lowest BCUT2D eigenvalue weighted by atomic mass is 10.1. The number of nitrogens with one attached hydrogen (secondary N) is 1. The normalized spacial score (nSPS) is 17.4. The molecule has 1 aliphatic rings. The van der Waals surface area contributed by atoms with Gasteiger partial charge in [-0.1, -0.05) is 18.2 Å². The molecule has 0 fully saturated rings. The molecule has 1 aromatic carbocycles. The van der Waals surface area contributed by atoms with Crippen molar-refractivity contribution >= 4 is 11.6 Å². The molecule has 1 aromatic heterocycles. The van der Waals surface area contributed by atoms with Crippen molar-refractivity contribution in [3.63, 3.8) is 0 Å². The Morgan fingerprint density at radius 1 is 1.40 bits per heavy atom. The van der Waals surface area contributed by atoms with Crippen LogP contribution in [-0.2, 0) is 17.6 Å². The summed E-state index contributed by atoms with van der Waals surface area (Å²) < 4.78 is 0. The summed E-state index contributed by atoms with van der Waals surface area (Å²) in [6.45, 7) is 6.00. The molecule has 1 amide bonds. The molecule has 2 heterocycles. The number of nitrogens with zero attached hydrogens (tertiary/aromatic N) is 2. The Balaban J connectivity index is 1.88. The van der Waals surface area contributed by atoms with Crippen LogP contribution < -0.4 is 4.90 Å². The molecule has 1 aliphatic heterocycles. The number of aromatic amines is 1. The van der Waals surface area contributed by atoms with Crippen LogP contribution in [0.25, 0.3) is 0 Å². The summed E-state index contributed by atoms with van der Waals surface area (Å²) in [5, 5.41) is 7.11. The smallest absolute Gasteiger partial charge is 0.231 e. The average Bonchev–Trinajstić information content (AvgIpc) is 2.91. The lowest BCUT2D eigenvalue weighted by Crippen LogP contribution is -2.37. The van der Waals surface area contributed by atoms with Crippen LogP contribution in [-0.4, -0.2) is 22.1 Å². The van der Waals surface area contributed by atoms with Gasteiger partial charge in [0.1, 0.15) is 0 Å². The minimum atomic E-state index is 0.148. The van der Waals surface area contributed by atoms with Gasteiger partial charge in [0.15, 0.2) is 0 Å². The Bertz CT molecular complexity index is 640. The van der Waals surface area contributed by atoms with E-state index in [1.165, 1.54) is 5.56 Å². The maximum atomic E-state index is 12.7. The predicted octanol–water partition coefficient (Wildman–Crippen LogP) is 2.55. The van der Waals surface area contributed by atoms with Crippen LogP contribution >= 0.6 is 0 Å². The number of H-pyrrole nitrogens is 1. The van der Waals surface area contributed by atoms with Crippen molar-refractivity contribution in [2.24, 2.45) is 0 Å². The van der Waals surface area contributed by atoms with Crippen molar-refractivity contribution in [2.45, 2.75) is 39.7 Å². The number of amides is 1. The standard InChI is InChI=1S/C16H19N3O/c1-10-8-13-6-4-5-7-15(13)19(10)16(20)9-14-11(2)17-18-12(14)3/h4-7,10H,8-9H2,1-3H3,(H,17,18). The van der Waals surface area contributed by atoms with E-state index in [2.05, 4.69) is 23.2 Å². The molecule has 4 nitrogen and oxygen atoms in total. The molecular formula is C16H19N3O. The summed E-state index contributed by atoms with van der Waals surface area (Å²) in [6.07, 6.45) is 1.35. The summed E-state index contributed by atoms with van der Waals surface area (Å²) in [5.41, 5.74) is 5.23. The lowest BCUT2D eigenvalue weighted by molar-refractivity contribution is -0.118. The summed E-state index contributed by atoms with van der Waals surface area (Å²) in [4.78, 5) is 14.6. The Kier molecular flexibility index (Phi) is 3.08. The first-order valence-electron chi connectivity index (χ1n) is 6.98. The SMILES string of the molecule is Cc1n[nH]c(C)c1CC(=O)N1c2ccccc2CC1C. The van der Waals surface area contributed by atoms with Gasteiger partial charge in [-0.3, -0.25) is 9.89 Å². The van der Waals surface area contributed by atoms with Gasteiger partial charge >= 0.3 is 0 Å². The number of aryl methyl sites for hydroxylation is 2. The minimum absolute atomic E-state index is 0.148. The molecule has 104 valence electrons. The van der Waals surface area contributed by atoms with E-state index >= 15 is 0 Å².